The maximum atomic E-state index is 13.1. The lowest BCUT2D eigenvalue weighted by Crippen LogP contribution is -2.37. The van der Waals surface area contributed by atoms with Crippen LogP contribution in [0.2, 0.25) is 0 Å². The van der Waals surface area contributed by atoms with E-state index in [9.17, 15) is 19.1 Å². The second-order valence-electron chi connectivity index (χ2n) is 4.70. The summed E-state index contributed by atoms with van der Waals surface area (Å²) in [4.78, 5) is 23.4. The van der Waals surface area contributed by atoms with Crippen LogP contribution in [0, 0.1) is 12.7 Å². The zero-order chi connectivity index (χ0) is 16.1. The van der Waals surface area contributed by atoms with Crippen molar-refractivity contribution in [3.8, 4) is 0 Å². The summed E-state index contributed by atoms with van der Waals surface area (Å²) in [5, 5.41) is 18.1. The molecule has 0 fully saturated rings. The minimum atomic E-state index is -0.911. The number of aliphatic hydroxyl groups is 1. The van der Waals surface area contributed by atoms with E-state index in [4.69, 9.17) is 0 Å². The van der Waals surface area contributed by atoms with Crippen molar-refractivity contribution >= 4 is 28.8 Å². The molecule has 3 N–H and O–H groups in total. The lowest BCUT2D eigenvalue weighted by Gasteiger charge is -2.11. The molecule has 0 saturated carbocycles. The predicted molar refractivity (Wildman–Crippen MR) is 82.1 cm³/mol. The standard InChI is InChI=1S/C15H15FN2O3S/c1-9-2-3-11(16)6-12(9)18-15(21)14(20)17-7-13(19)10-4-5-22-8-10/h2-6,8,13,19H,7H2,1H3,(H,17,20)(H,18,21). The van der Waals surface area contributed by atoms with Crippen molar-refractivity contribution in [1.82, 2.24) is 5.32 Å². The van der Waals surface area contributed by atoms with Gasteiger partial charge in [0, 0.05) is 12.2 Å². The highest BCUT2D eigenvalue weighted by Crippen LogP contribution is 2.16. The third kappa shape index (κ3) is 4.12. The minimum absolute atomic E-state index is 0.0783. The fourth-order valence-electron chi connectivity index (χ4n) is 1.76. The number of hydrogen-bond acceptors (Lipinski definition) is 4. The zero-order valence-corrected chi connectivity index (χ0v) is 12.6. The lowest BCUT2D eigenvalue weighted by atomic mass is 10.2. The van der Waals surface area contributed by atoms with E-state index in [1.807, 2.05) is 0 Å². The topological polar surface area (TPSA) is 78.4 Å². The first-order valence-electron chi connectivity index (χ1n) is 6.53. The summed E-state index contributed by atoms with van der Waals surface area (Å²) in [7, 11) is 0. The normalized spacial score (nSPS) is 11.8. The summed E-state index contributed by atoms with van der Waals surface area (Å²) in [6.07, 6.45) is -0.876. The molecule has 1 unspecified atom stereocenters. The summed E-state index contributed by atoms with van der Waals surface area (Å²) in [5.74, 6) is -2.31. The molecule has 116 valence electrons. The Bertz CT molecular complexity index is 673. The van der Waals surface area contributed by atoms with Gasteiger partial charge in [0.25, 0.3) is 0 Å². The maximum absolute atomic E-state index is 13.1. The highest BCUT2D eigenvalue weighted by Gasteiger charge is 2.17. The third-order valence-corrected chi connectivity index (χ3v) is 3.74. The Labute approximate surface area is 130 Å². The Hall–Kier alpha value is -2.25. The number of halogens is 1. The van der Waals surface area contributed by atoms with Gasteiger partial charge in [-0.2, -0.15) is 11.3 Å². The zero-order valence-electron chi connectivity index (χ0n) is 11.8. The molecule has 5 nitrogen and oxygen atoms in total. The molecule has 1 atom stereocenters. The molecule has 0 bridgehead atoms. The SMILES string of the molecule is Cc1ccc(F)cc1NC(=O)C(=O)NCC(O)c1ccsc1. The average Bonchev–Trinajstić information content (AvgIpc) is 3.02. The van der Waals surface area contributed by atoms with Gasteiger partial charge in [-0.3, -0.25) is 9.59 Å². The van der Waals surface area contributed by atoms with E-state index in [1.54, 1.807) is 23.8 Å². The van der Waals surface area contributed by atoms with Crippen LogP contribution in [-0.4, -0.2) is 23.5 Å². The van der Waals surface area contributed by atoms with Crippen LogP contribution in [0.3, 0.4) is 0 Å². The number of rotatable bonds is 4. The van der Waals surface area contributed by atoms with Gasteiger partial charge in [0.05, 0.1) is 6.10 Å². The van der Waals surface area contributed by atoms with Gasteiger partial charge in [-0.15, -0.1) is 0 Å². The second-order valence-corrected chi connectivity index (χ2v) is 5.48. The lowest BCUT2D eigenvalue weighted by molar-refractivity contribution is -0.136. The number of carbonyl (C=O) groups is 2. The van der Waals surface area contributed by atoms with Crippen LogP contribution in [0.25, 0.3) is 0 Å². The maximum Gasteiger partial charge on any atom is 0.313 e. The van der Waals surface area contributed by atoms with Gasteiger partial charge in [-0.25, -0.2) is 4.39 Å². The quantitative estimate of drug-likeness (QED) is 0.753. The largest absolute Gasteiger partial charge is 0.387 e. The summed E-state index contributed by atoms with van der Waals surface area (Å²) in [6.45, 7) is 1.61. The van der Waals surface area contributed by atoms with Crippen LogP contribution in [0.4, 0.5) is 10.1 Å². The molecule has 2 amide bonds. The van der Waals surface area contributed by atoms with E-state index in [0.717, 1.165) is 6.07 Å². The fraction of sp³-hybridized carbons (Fsp3) is 0.200. The monoisotopic (exact) mass is 322 g/mol. The van der Waals surface area contributed by atoms with Gasteiger partial charge in [0.2, 0.25) is 0 Å². The smallest absolute Gasteiger partial charge is 0.313 e. The molecule has 7 heteroatoms. The Kier molecular flexibility index (Phi) is 5.24. The second kappa shape index (κ2) is 7.15. The van der Waals surface area contributed by atoms with Gasteiger partial charge in [0.15, 0.2) is 0 Å². The van der Waals surface area contributed by atoms with Crippen molar-refractivity contribution < 1.29 is 19.1 Å². The van der Waals surface area contributed by atoms with Crippen LogP contribution < -0.4 is 10.6 Å². The van der Waals surface area contributed by atoms with Crippen LogP contribution in [0.5, 0.6) is 0 Å². The van der Waals surface area contributed by atoms with Crippen molar-refractivity contribution in [2.45, 2.75) is 13.0 Å². The summed E-state index contributed by atoms with van der Waals surface area (Å²) in [6, 6.07) is 5.64. The first-order valence-corrected chi connectivity index (χ1v) is 7.47. The van der Waals surface area contributed by atoms with E-state index in [2.05, 4.69) is 10.6 Å². The molecule has 0 aliphatic heterocycles. The van der Waals surface area contributed by atoms with E-state index >= 15 is 0 Å². The number of aryl methyl sites for hydroxylation is 1. The first-order chi connectivity index (χ1) is 10.5. The van der Waals surface area contributed by atoms with Crippen molar-refractivity contribution in [3.63, 3.8) is 0 Å². The van der Waals surface area contributed by atoms with E-state index in [-0.39, 0.29) is 12.2 Å². The molecule has 0 radical (unpaired) electrons. The number of amides is 2. The van der Waals surface area contributed by atoms with Crippen molar-refractivity contribution in [2.24, 2.45) is 0 Å². The molecule has 1 aromatic heterocycles. The highest BCUT2D eigenvalue weighted by atomic mass is 32.1. The van der Waals surface area contributed by atoms with Crippen molar-refractivity contribution in [1.29, 1.82) is 0 Å². The summed E-state index contributed by atoms with van der Waals surface area (Å²) >= 11 is 1.43. The van der Waals surface area contributed by atoms with Crippen molar-refractivity contribution in [2.75, 3.05) is 11.9 Å². The number of carbonyl (C=O) groups excluding carboxylic acids is 2. The summed E-state index contributed by atoms with van der Waals surface area (Å²) in [5.41, 5.74) is 1.55. The molecule has 2 aromatic rings. The Morgan fingerprint density at radius 2 is 2.09 bits per heavy atom. The molecule has 0 aliphatic rings. The molecule has 0 saturated heterocycles. The van der Waals surface area contributed by atoms with Gasteiger partial charge in [0.1, 0.15) is 5.82 Å². The summed E-state index contributed by atoms with van der Waals surface area (Å²) < 4.78 is 13.1. The average molecular weight is 322 g/mol. The van der Waals surface area contributed by atoms with Crippen LogP contribution in [-0.2, 0) is 9.59 Å². The molecule has 1 aromatic carbocycles. The third-order valence-electron chi connectivity index (χ3n) is 3.04. The van der Waals surface area contributed by atoms with Crippen LogP contribution >= 0.6 is 11.3 Å². The van der Waals surface area contributed by atoms with Gasteiger partial charge < -0.3 is 15.7 Å². The molecule has 2 rings (SSSR count). The Morgan fingerprint density at radius 1 is 1.32 bits per heavy atom. The van der Waals surface area contributed by atoms with Gasteiger partial charge in [-0.1, -0.05) is 6.07 Å². The Morgan fingerprint density at radius 3 is 2.77 bits per heavy atom. The Balaban J connectivity index is 1.89. The molecule has 22 heavy (non-hydrogen) atoms. The number of nitrogens with one attached hydrogen (secondary N) is 2. The highest BCUT2D eigenvalue weighted by molar-refractivity contribution is 7.07. The minimum Gasteiger partial charge on any atom is -0.387 e. The molecule has 0 aliphatic carbocycles. The number of thiophene rings is 1. The number of aliphatic hydroxyl groups excluding tert-OH is 1. The van der Waals surface area contributed by atoms with E-state index in [0.29, 0.717) is 11.1 Å². The van der Waals surface area contributed by atoms with Crippen molar-refractivity contribution in [3.05, 3.63) is 52.0 Å². The van der Waals surface area contributed by atoms with E-state index < -0.39 is 23.7 Å². The molecular weight excluding hydrogens is 307 g/mol. The number of anilines is 1. The van der Waals surface area contributed by atoms with Crippen LogP contribution in [0.15, 0.2) is 35.0 Å². The van der Waals surface area contributed by atoms with Gasteiger partial charge >= 0.3 is 11.8 Å². The number of hydrogen-bond donors (Lipinski definition) is 3. The van der Waals surface area contributed by atoms with Gasteiger partial charge in [-0.05, 0) is 47.0 Å². The first kappa shape index (κ1) is 16.1. The molecule has 0 spiro atoms. The van der Waals surface area contributed by atoms with Crippen LogP contribution in [0.1, 0.15) is 17.2 Å². The molecular formula is C15H15FN2O3S. The fourth-order valence-corrected chi connectivity index (χ4v) is 2.47. The number of benzene rings is 1. The molecule has 1 heterocycles. The van der Waals surface area contributed by atoms with E-state index in [1.165, 1.54) is 23.5 Å². The predicted octanol–water partition coefficient (Wildman–Crippen LogP) is 1.98.